The molecule has 0 amide bonds. The molecule has 0 saturated heterocycles. The molecular formula is C17H20ClN. The summed E-state index contributed by atoms with van der Waals surface area (Å²) in [6.07, 6.45) is 0.862. The Hall–Kier alpha value is -1.31. The number of hydrogen-bond acceptors (Lipinski definition) is 1. The first-order valence-corrected chi connectivity index (χ1v) is 6.93. The van der Waals surface area contributed by atoms with Gasteiger partial charge in [0.15, 0.2) is 0 Å². The van der Waals surface area contributed by atoms with Crippen molar-refractivity contribution in [2.24, 2.45) is 5.73 Å². The van der Waals surface area contributed by atoms with Crippen LogP contribution >= 0.6 is 11.6 Å². The molecule has 0 saturated carbocycles. The van der Waals surface area contributed by atoms with Gasteiger partial charge in [-0.25, -0.2) is 0 Å². The van der Waals surface area contributed by atoms with Gasteiger partial charge in [-0.2, -0.15) is 0 Å². The SMILES string of the molecule is Cc1cc(Cl)ccc1C(N)Cc1c(C)cccc1C. The number of aryl methyl sites for hydroxylation is 3. The second kappa shape index (κ2) is 5.77. The van der Waals surface area contributed by atoms with Crippen molar-refractivity contribution < 1.29 is 0 Å². The van der Waals surface area contributed by atoms with Gasteiger partial charge in [-0.1, -0.05) is 35.9 Å². The average molecular weight is 274 g/mol. The van der Waals surface area contributed by atoms with Gasteiger partial charge in [-0.05, 0) is 67.1 Å². The predicted molar refractivity (Wildman–Crippen MR) is 82.7 cm³/mol. The minimum Gasteiger partial charge on any atom is -0.324 e. The van der Waals surface area contributed by atoms with Crippen LogP contribution in [0.1, 0.15) is 33.9 Å². The van der Waals surface area contributed by atoms with Crippen molar-refractivity contribution in [3.05, 3.63) is 69.2 Å². The highest BCUT2D eigenvalue weighted by Gasteiger charge is 2.12. The van der Waals surface area contributed by atoms with Gasteiger partial charge in [0.25, 0.3) is 0 Å². The topological polar surface area (TPSA) is 26.0 Å². The van der Waals surface area contributed by atoms with Gasteiger partial charge in [-0.3, -0.25) is 0 Å². The molecule has 2 heteroatoms. The Morgan fingerprint density at radius 3 is 2.21 bits per heavy atom. The summed E-state index contributed by atoms with van der Waals surface area (Å²) in [4.78, 5) is 0. The van der Waals surface area contributed by atoms with E-state index in [1.54, 1.807) is 0 Å². The molecule has 0 aliphatic rings. The highest BCUT2D eigenvalue weighted by Crippen LogP contribution is 2.25. The Kier molecular flexibility index (Phi) is 4.28. The molecule has 0 heterocycles. The van der Waals surface area contributed by atoms with Crippen molar-refractivity contribution in [1.29, 1.82) is 0 Å². The molecule has 2 rings (SSSR count). The van der Waals surface area contributed by atoms with E-state index in [9.17, 15) is 0 Å². The molecule has 0 radical (unpaired) electrons. The van der Waals surface area contributed by atoms with E-state index in [2.05, 4.69) is 39.0 Å². The molecule has 19 heavy (non-hydrogen) atoms. The molecule has 2 aromatic carbocycles. The van der Waals surface area contributed by atoms with Gasteiger partial charge in [0.1, 0.15) is 0 Å². The van der Waals surface area contributed by atoms with Crippen LogP contribution in [0.5, 0.6) is 0 Å². The highest BCUT2D eigenvalue weighted by atomic mass is 35.5. The van der Waals surface area contributed by atoms with Gasteiger partial charge in [0.05, 0.1) is 0 Å². The van der Waals surface area contributed by atoms with Crippen molar-refractivity contribution >= 4 is 11.6 Å². The summed E-state index contributed by atoms with van der Waals surface area (Å²) in [5, 5.41) is 0.764. The summed E-state index contributed by atoms with van der Waals surface area (Å²) in [6.45, 7) is 6.35. The molecule has 100 valence electrons. The monoisotopic (exact) mass is 273 g/mol. The van der Waals surface area contributed by atoms with E-state index in [1.807, 2.05) is 18.2 Å². The van der Waals surface area contributed by atoms with Crippen LogP contribution in [0.4, 0.5) is 0 Å². The lowest BCUT2D eigenvalue weighted by molar-refractivity contribution is 0.710. The quantitative estimate of drug-likeness (QED) is 0.875. The molecule has 0 aliphatic heterocycles. The maximum atomic E-state index is 6.37. The van der Waals surface area contributed by atoms with E-state index in [0.29, 0.717) is 0 Å². The fourth-order valence-corrected chi connectivity index (χ4v) is 2.78. The van der Waals surface area contributed by atoms with Crippen molar-refractivity contribution in [2.45, 2.75) is 33.2 Å². The summed E-state index contributed by atoms with van der Waals surface area (Å²) in [7, 11) is 0. The number of benzene rings is 2. The van der Waals surface area contributed by atoms with Crippen LogP contribution in [0.3, 0.4) is 0 Å². The lowest BCUT2D eigenvalue weighted by Crippen LogP contribution is -2.16. The average Bonchev–Trinajstić information content (AvgIpc) is 2.33. The zero-order chi connectivity index (χ0) is 14.0. The van der Waals surface area contributed by atoms with Gasteiger partial charge in [-0.15, -0.1) is 0 Å². The fourth-order valence-electron chi connectivity index (χ4n) is 2.56. The second-order valence-electron chi connectivity index (χ2n) is 5.18. The van der Waals surface area contributed by atoms with Crippen LogP contribution in [0.25, 0.3) is 0 Å². The van der Waals surface area contributed by atoms with E-state index in [1.165, 1.54) is 22.3 Å². The van der Waals surface area contributed by atoms with Gasteiger partial charge < -0.3 is 5.73 Å². The van der Waals surface area contributed by atoms with Crippen molar-refractivity contribution in [3.63, 3.8) is 0 Å². The number of rotatable bonds is 3. The molecule has 0 aliphatic carbocycles. The lowest BCUT2D eigenvalue weighted by Gasteiger charge is -2.18. The first-order chi connectivity index (χ1) is 8.99. The van der Waals surface area contributed by atoms with Crippen LogP contribution in [-0.2, 0) is 6.42 Å². The maximum absolute atomic E-state index is 6.37. The maximum Gasteiger partial charge on any atom is 0.0408 e. The lowest BCUT2D eigenvalue weighted by atomic mass is 9.92. The standard InChI is InChI=1S/C17H20ClN/c1-11-5-4-6-12(2)16(11)10-17(19)15-8-7-14(18)9-13(15)3/h4-9,17H,10,19H2,1-3H3. The van der Waals surface area contributed by atoms with Crippen LogP contribution in [0, 0.1) is 20.8 Å². The Labute approximate surface area is 120 Å². The Morgan fingerprint density at radius 1 is 1.00 bits per heavy atom. The second-order valence-corrected chi connectivity index (χ2v) is 5.62. The number of nitrogens with two attached hydrogens (primary N) is 1. The predicted octanol–water partition coefficient (Wildman–Crippen LogP) is 4.51. The van der Waals surface area contributed by atoms with E-state index in [-0.39, 0.29) is 6.04 Å². The molecule has 2 aromatic rings. The molecule has 1 unspecified atom stereocenters. The van der Waals surface area contributed by atoms with Gasteiger partial charge >= 0.3 is 0 Å². The third-order valence-corrected chi connectivity index (χ3v) is 3.93. The van der Waals surface area contributed by atoms with Crippen molar-refractivity contribution in [3.8, 4) is 0 Å². The molecule has 0 bridgehead atoms. The fraction of sp³-hybridized carbons (Fsp3) is 0.294. The van der Waals surface area contributed by atoms with E-state index in [0.717, 1.165) is 17.0 Å². The van der Waals surface area contributed by atoms with E-state index < -0.39 is 0 Å². The molecule has 1 atom stereocenters. The summed E-state index contributed by atoms with van der Waals surface area (Å²) in [6, 6.07) is 12.3. The van der Waals surface area contributed by atoms with Crippen LogP contribution in [0.2, 0.25) is 5.02 Å². The largest absolute Gasteiger partial charge is 0.324 e. The molecule has 0 fully saturated rings. The molecule has 1 nitrogen and oxygen atoms in total. The Morgan fingerprint density at radius 2 is 1.63 bits per heavy atom. The molecule has 0 spiro atoms. The van der Waals surface area contributed by atoms with Crippen molar-refractivity contribution in [2.75, 3.05) is 0 Å². The molecular weight excluding hydrogens is 254 g/mol. The Balaban J connectivity index is 2.28. The summed E-state index contributed by atoms with van der Waals surface area (Å²) in [5.74, 6) is 0. The smallest absolute Gasteiger partial charge is 0.0408 e. The van der Waals surface area contributed by atoms with E-state index in [4.69, 9.17) is 17.3 Å². The summed E-state index contributed by atoms with van der Waals surface area (Å²) >= 11 is 5.99. The Bertz CT molecular complexity index is 570. The first-order valence-electron chi connectivity index (χ1n) is 6.55. The third-order valence-electron chi connectivity index (χ3n) is 3.70. The highest BCUT2D eigenvalue weighted by molar-refractivity contribution is 6.30. The van der Waals surface area contributed by atoms with Crippen LogP contribution in [0.15, 0.2) is 36.4 Å². The normalized spacial score (nSPS) is 12.5. The summed E-state index contributed by atoms with van der Waals surface area (Å²) < 4.78 is 0. The minimum absolute atomic E-state index is 0.0112. The molecule has 2 N–H and O–H groups in total. The number of hydrogen-bond donors (Lipinski definition) is 1. The zero-order valence-electron chi connectivity index (χ0n) is 11.7. The van der Waals surface area contributed by atoms with Crippen molar-refractivity contribution in [1.82, 2.24) is 0 Å². The zero-order valence-corrected chi connectivity index (χ0v) is 12.5. The first kappa shape index (κ1) is 14.1. The van der Waals surface area contributed by atoms with Crippen LogP contribution in [-0.4, -0.2) is 0 Å². The summed E-state index contributed by atoms with van der Waals surface area (Å²) in [5.41, 5.74) is 12.7. The third kappa shape index (κ3) is 3.17. The van der Waals surface area contributed by atoms with Gasteiger partial charge in [0, 0.05) is 11.1 Å². The van der Waals surface area contributed by atoms with E-state index >= 15 is 0 Å². The van der Waals surface area contributed by atoms with Crippen LogP contribution < -0.4 is 5.73 Å². The minimum atomic E-state index is 0.0112. The molecule has 0 aromatic heterocycles. The van der Waals surface area contributed by atoms with Gasteiger partial charge in [0.2, 0.25) is 0 Å². The number of halogens is 1.